The average molecular weight is 326 g/mol. The van der Waals surface area contributed by atoms with E-state index in [4.69, 9.17) is 0 Å². The maximum atomic E-state index is 12.4. The molecule has 0 atom stereocenters. The van der Waals surface area contributed by atoms with Crippen LogP contribution in [0.4, 0.5) is 11.8 Å². The normalized spacial score (nSPS) is 15.2. The van der Waals surface area contributed by atoms with Crippen LogP contribution in [0.2, 0.25) is 0 Å². The van der Waals surface area contributed by atoms with Crippen molar-refractivity contribution in [3.63, 3.8) is 0 Å². The molecule has 1 aliphatic rings. The molecule has 2 aromatic rings. The predicted octanol–water partition coefficient (Wildman–Crippen LogP) is 1.34. The number of carbonyl (C=O) groups is 1. The Kier molecular flexibility index (Phi) is 4.88. The molecule has 0 saturated carbocycles. The zero-order valence-electron chi connectivity index (χ0n) is 14.0. The van der Waals surface area contributed by atoms with Crippen LogP contribution in [0.25, 0.3) is 0 Å². The van der Waals surface area contributed by atoms with Crippen LogP contribution in [0.1, 0.15) is 23.2 Å². The highest BCUT2D eigenvalue weighted by molar-refractivity contribution is 5.95. The number of pyridine rings is 1. The second kappa shape index (κ2) is 7.25. The van der Waals surface area contributed by atoms with Crippen molar-refractivity contribution in [2.75, 3.05) is 37.0 Å². The van der Waals surface area contributed by atoms with Crippen molar-refractivity contribution in [2.24, 2.45) is 0 Å². The Morgan fingerprint density at radius 1 is 1.17 bits per heavy atom. The zero-order chi connectivity index (χ0) is 16.9. The summed E-state index contributed by atoms with van der Waals surface area (Å²) >= 11 is 0. The van der Waals surface area contributed by atoms with Gasteiger partial charge in [0.25, 0.3) is 5.91 Å². The van der Waals surface area contributed by atoms with Crippen molar-refractivity contribution in [3.8, 4) is 0 Å². The monoisotopic (exact) mass is 326 g/mol. The zero-order valence-corrected chi connectivity index (χ0v) is 14.0. The maximum absolute atomic E-state index is 12.4. The number of amides is 1. The number of anilines is 2. The van der Waals surface area contributed by atoms with Gasteiger partial charge in [0.05, 0.1) is 0 Å². The van der Waals surface area contributed by atoms with E-state index in [1.165, 1.54) is 0 Å². The lowest BCUT2D eigenvalue weighted by atomic mass is 10.0. The number of rotatable bonds is 4. The molecular formula is C17H22N6O. The summed E-state index contributed by atoms with van der Waals surface area (Å²) in [5.74, 6) is 1.49. The van der Waals surface area contributed by atoms with E-state index in [-0.39, 0.29) is 11.9 Å². The van der Waals surface area contributed by atoms with E-state index in [9.17, 15) is 4.79 Å². The number of hydrogen-bond acceptors (Lipinski definition) is 6. The van der Waals surface area contributed by atoms with E-state index in [2.05, 4.69) is 25.2 Å². The minimum atomic E-state index is -0.0464. The van der Waals surface area contributed by atoms with E-state index in [1.807, 2.05) is 31.1 Å². The first-order valence-corrected chi connectivity index (χ1v) is 8.09. The van der Waals surface area contributed by atoms with E-state index in [0.29, 0.717) is 5.56 Å². The summed E-state index contributed by atoms with van der Waals surface area (Å²) in [4.78, 5) is 29.3. The van der Waals surface area contributed by atoms with E-state index >= 15 is 0 Å². The molecule has 0 unspecified atom stereocenters. The number of nitrogens with zero attached hydrogens (tertiary/aromatic N) is 5. The van der Waals surface area contributed by atoms with Crippen LogP contribution < -0.4 is 15.1 Å². The Morgan fingerprint density at radius 3 is 2.54 bits per heavy atom. The van der Waals surface area contributed by atoms with Gasteiger partial charge in [-0.15, -0.1) is 0 Å². The molecule has 0 radical (unpaired) electrons. The van der Waals surface area contributed by atoms with Gasteiger partial charge in [-0.3, -0.25) is 4.79 Å². The number of hydrogen-bond donors (Lipinski definition) is 1. The van der Waals surface area contributed by atoms with Gasteiger partial charge in [-0.2, -0.15) is 0 Å². The SMILES string of the molecule is CN(C)c1cc(C(=O)NC2CCN(c3ncccn3)CC2)ccn1. The van der Waals surface area contributed by atoms with Crippen LogP contribution >= 0.6 is 0 Å². The lowest BCUT2D eigenvalue weighted by molar-refractivity contribution is 0.0931. The van der Waals surface area contributed by atoms with Crippen molar-refractivity contribution in [1.82, 2.24) is 20.3 Å². The van der Waals surface area contributed by atoms with Crippen molar-refractivity contribution in [2.45, 2.75) is 18.9 Å². The molecule has 1 saturated heterocycles. The van der Waals surface area contributed by atoms with Gasteiger partial charge < -0.3 is 15.1 Å². The fourth-order valence-electron chi connectivity index (χ4n) is 2.75. The van der Waals surface area contributed by atoms with Crippen LogP contribution in [0.3, 0.4) is 0 Å². The highest BCUT2D eigenvalue weighted by Crippen LogP contribution is 2.16. The highest BCUT2D eigenvalue weighted by atomic mass is 16.1. The second-order valence-corrected chi connectivity index (χ2v) is 6.08. The molecule has 3 rings (SSSR count). The Bertz CT molecular complexity index is 682. The molecule has 1 aliphatic heterocycles. The summed E-state index contributed by atoms with van der Waals surface area (Å²) in [5.41, 5.74) is 0.641. The summed E-state index contributed by atoms with van der Waals surface area (Å²) in [6.07, 6.45) is 6.94. The fraction of sp³-hybridized carbons (Fsp3) is 0.412. The first-order valence-electron chi connectivity index (χ1n) is 8.09. The van der Waals surface area contributed by atoms with E-state index in [1.54, 1.807) is 24.7 Å². The number of carbonyl (C=O) groups excluding carboxylic acids is 1. The van der Waals surface area contributed by atoms with Crippen LogP contribution in [0.15, 0.2) is 36.8 Å². The van der Waals surface area contributed by atoms with Gasteiger partial charge in [0.1, 0.15) is 5.82 Å². The molecule has 3 heterocycles. The van der Waals surface area contributed by atoms with Gasteiger partial charge >= 0.3 is 0 Å². The molecule has 7 heteroatoms. The molecule has 126 valence electrons. The van der Waals surface area contributed by atoms with Gasteiger partial charge in [0.15, 0.2) is 0 Å². The van der Waals surface area contributed by atoms with Crippen LogP contribution in [-0.4, -0.2) is 54.1 Å². The van der Waals surface area contributed by atoms with Crippen molar-refractivity contribution >= 4 is 17.7 Å². The molecule has 1 fully saturated rings. The lowest BCUT2D eigenvalue weighted by Gasteiger charge is -2.32. The summed E-state index contributed by atoms with van der Waals surface area (Å²) in [7, 11) is 3.82. The second-order valence-electron chi connectivity index (χ2n) is 6.08. The van der Waals surface area contributed by atoms with Gasteiger partial charge in [-0.05, 0) is 31.0 Å². The molecule has 0 aromatic carbocycles. The summed E-state index contributed by atoms with van der Waals surface area (Å²) in [5, 5.41) is 3.12. The third kappa shape index (κ3) is 3.79. The average Bonchev–Trinajstić information content (AvgIpc) is 2.63. The van der Waals surface area contributed by atoms with Gasteiger partial charge in [0.2, 0.25) is 5.95 Å². The fourth-order valence-corrected chi connectivity index (χ4v) is 2.75. The largest absolute Gasteiger partial charge is 0.363 e. The minimum Gasteiger partial charge on any atom is -0.363 e. The summed E-state index contributed by atoms with van der Waals surface area (Å²) in [6, 6.07) is 5.54. The Labute approximate surface area is 141 Å². The number of aromatic nitrogens is 3. The molecule has 1 N–H and O–H groups in total. The number of piperidine rings is 1. The molecule has 1 amide bonds. The summed E-state index contributed by atoms with van der Waals surface area (Å²) in [6.45, 7) is 1.68. The standard InChI is InChI=1S/C17H22N6O/c1-22(2)15-12-13(4-9-18-15)16(24)21-14-5-10-23(11-6-14)17-19-7-3-8-20-17/h3-4,7-9,12,14H,5-6,10-11H2,1-2H3,(H,21,24). The third-order valence-corrected chi connectivity index (χ3v) is 4.13. The van der Waals surface area contributed by atoms with Crippen LogP contribution in [-0.2, 0) is 0 Å². The van der Waals surface area contributed by atoms with Crippen molar-refractivity contribution < 1.29 is 4.79 Å². The van der Waals surface area contributed by atoms with E-state index in [0.717, 1.165) is 37.7 Å². The Balaban J connectivity index is 1.56. The van der Waals surface area contributed by atoms with Crippen molar-refractivity contribution in [1.29, 1.82) is 0 Å². The molecule has 7 nitrogen and oxygen atoms in total. The minimum absolute atomic E-state index is 0.0464. The molecule has 2 aromatic heterocycles. The molecule has 0 spiro atoms. The Hall–Kier alpha value is -2.70. The third-order valence-electron chi connectivity index (χ3n) is 4.13. The first kappa shape index (κ1) is 16.2. The Morgan fingerprint density at radius 2 is 1.88 bits per heavy atom. The smallest absolute Gasteiger partial charge is 0.251 e. The van der Waals surface area contributed by atoms with E-state index < -0.39 is 0 Å². The van der Waals surface area contributed by atoms with Crippen LogP contribution in [0.5, 0.6) is 0 Å². The van der Waals surface area contributed by atoms with Gasteiger partial charge in [0, 0.05) is 57.4 Å². The highest BCUT2D eigenvalue weighted by Gasteiger charge is 2.22. The van der Waals surface area contributed by atoms with Crippen molar-refractivity contribution in [3.05, 3.63) is 42.4 Å². The number of nitrogens with one attached hydrogen (secondary N) is 1. The summed E-state index contributed by atoms with van der Waals surface area (Å²) < 4.78 is 0. The van der Waals surface area contributed by atoms with Gasteiger partial charge in [-0.25, -0.2) is 15.0 Å². The lowest BCUT2D eigenvalue weighted by Crippen LogP contribution is -2.45. The molecule has 24 heavy (non-hydrogen) atoms. The first-order chi connectivity index (χ1) is 11.6. The maximum Gasteiger partial charge on any atom is 0.251 e. The van der Waals surface area contributed by atoms with Gasteiger partial charge in [-0.1, -0.05) is 0 Å². The topological polar surface area (TPSA) is 74.2 Å². The van der Waals surface area contributed by atoms with Crippen LogP contribution in [0, 0.1) is 0 Å². The molecular weight excluding hydrogens is 304 g/mol. The quantitative estimate of drug-likeness (QED) is 0.914. The predicted molar refractivity (Wildman–Crippen MR) is 93.3 cm³/mol. The molecule has 0 bridgehead atoms. The molecule has 0 aliphatic carbocycles.